The average Bonchev–Trinajstić information content (AvgIpc) is 2.36. The van der Waals surface area contributed by atoms with Crippen LogP contribution in [0, 0.1) is 0 Å². The lowest BCUT2D eigenvalue weighted by molar-refractivity contribution is -0.904. The molecule has 0 saturated heterocycles. The summed E-state index contributed by atoms with van der Waals surface area (Å²) in [4.78, 5) is 0. The summed E-state index contributed by atoms with van der Waals surface area (Å²) in [7, 11) is 2.21. The number of hydrogen-bond acceptors (Lipinski definition) is 2. The molecule has 0 spiro atoms. The summed E-state index contributed by atoms with van der Waals surface area (Å²) in [6.07, 6.45) is 8.50. The quantitative estimate of drug-likeness (QED) is 0.320. The van der Waals surface area contributed by atoms with Gasteiger partial charge in [-0.25, -0.2) is 0 Å². The SMILES string of the molecule is C=CC[N+](C)(CCCCCCC)CCC(O)CO. The van der Waals surface area contributed by atoms with Crippen LogP contribution in [0.2, 0.25) is 0 Å². The minimum Gasteiger partial charge on any atom is -0.394 e. The number of aliphatic hydroxyl groups is 2. The van der Waals surface area contributed by atoms with Gasteiger partial charge in [-0.3, -0.25) is 0 Å². The summed E-state index contributed by atoms with van der Waals surface area (Å²) in [5.41, 5.74) is 0. The molecule has 18 heavy (non-hydrogen) atoms. The Morgan fingerprint density at radius 1 is 1.17 bits per heavy atom. The maximum Gasteiger partial charge on any atom is 0.0969 e. The second-order valence-electron chi connectivity index (χ2n) is 5.58. The fourth-order valence-corrected chi connectivity index (χ4v) is 2.26. The van der Waals surface area contributed by atoms with Crippen LogP contribution < -0.4 is 0 Å². The van der Waals surface area contributed by atoms with E-state index >= 15 is 0 Å². The van der Waals surface area contributed by atoms with Gasteiger partial charge in [0.15, 0.2) is 0 Å². The van der Waals surface area contributed by atoms with Crippen molar-refractivity contribution in [2.75, 3.05) is 33.3 Å². The van der Waals surface area contributed by atoms with Gasteiger partial charge in [0.1, 0.15) is 0 Å². The Kier molecular flexibility index (Phi) is 10.3. The molecule has 0 aromatic rings. The minimum atomic E-state index is -0.577. The second-order valence-corrected chi connectivity index (χ2v) is 5.58. The predicted octanol–water partition coefficient (Wildman–Crippen LogP) is 2.33. The standard InChI is InChI=1S/C15H32NO2/c1-4-6-7-8-9-12-16(3,11-5-2)13-10-15(18)14-17/h5,15,17-18H,2,4,6-14H2,1,3H3/q+1. The molecular formula is C15H32NO2+. The van der Waals surface area contributed by atoms with E-state index in [9.17, 15) is 5.11 Å². The van der Waals surface area contributed by atoms with Crippen LogP contribution in [0.15, 0.2) is 12.7 Å². The van der Waals surface area contributed by atoms with E-state index in [1.54, 1.807) is 0 Å². The van der Waals surface area contributed by atoms with E-state index in [1.807, 2.05) is 6.08 Å². The molecule has 0 aliphatic heterocycles. The van der Waals surface area contributed by atoms with E-state index in [0.29, 0.717) is 6.42 Å². The molecule has 0 aliphatic rings. The van der Waals surface area contributed by atoms with E-state index in [0.717, 1.165) is 24.1 Å². The molecule has 2 atom stereocenters. The second kappa shape index (κ2) is 10.5. The number of likely N-dealkylation sites (N-methyl/N-ethyl adjacent to an activating group) is 1. The zero-order valence-corrected chi connectivity index (χ0v) is 12.3. The Hall–Kier alpha value is -0.380. The maximum atomic E-state index is 9.45. The van der Waals surface area contributed by atoms with Crippen LogP contribution in [0.1, 0.15) is 45.4 Å². The number of hydrogen-bond donors (Lipinski definition) is 2. The first-order valence-corrected chi connectivity index (χ1v) is 7.31. The molecule has 108 valence electrons. The molecular weight excluding hydrogens is 226 g/mol. The largest absolute Gasteiger partial charge is 0.394 e. The Morgan fingerprint density at radius 2 is 1.83 bits per heavy atom. The molecule has 0 radical (unpaired) electrons. The van der Waals surface area contributed by atoms with Gasteiger partial charge < -0.3 is 14.7 Å². The Bertz CT molecular complexity index is 209. The van der Waals surface area contributed by atoms with Crippen molar-refractivity contribution in [1.29, 1.82) is 0 Å². The number of rotatable bonds is 12. The summed E-state index contributed by atoms with van der Waals surface area (Å²) < 4.78 is 0.923. The van der Waals surface area contributed by atoms with Gasteiger partial charge in [-0.05, 0) is 18.9 Å². The Balaban J connectivity index is 3.96. The average molecular weight is 258 g/mol. The first-order chi connectivity index (χ1) is 8.58. The summed E-state index contributed by atoms with van der Waals surface area (Å²) in [6.45, 7) is 8.89. The van der Waals surface area contributed by atoms with Crippen molar-refractivity contribution >= 4 is 0 Å². The molecule has 0 fully saturated rings. The molecule has 2 unspecified atom stereocenters. The van der Waals surface area contributed by atoms with Gasteiger partial charge in [-0.15, -0.1) is 0 Å². The zero-order chi connectivity index (χ0) is 13.9. The van der Waals surface area contributed by atoms with Gasteiger partial charge in [0.05, 0.1) is 39.4 Å². The van der Waals surface area contributed by atoms with E-state index in [1.165, 1.54) is 32.1 Å². The molecule has 2 N–H and O–H groups in total. The van der Waals surface area contributed by atoms with Gasteiger partial charge in [0.2, 0.25) is 0 Å². The molecule has 3 nitrogen and oxygen atoms in total. The van der Waals surface area contributed by atoms with Gasteiger partial charge in [-0.1, -0.05) is 32.8 Å². The molecule has 0 heterocycles. The lowest BCUT2D eigenvalue weighted by Crippen LogP contribution is -2.46. The first kappa shape index (κ1) is 17.6. The molecule has 0 aromatic carbocycles. The highest BCUT2D eigenvalue weighted by molar-refractivity contribution is 4.66. The van der Waals surface area contributed by atoms with Crippen molar-refractivity contribution in [3.63, 3.8) is 0 Å². The number of nitrogens with zero attached hydrogens (tertiary/aromatic N) is 1. The van der Waals surface area contributed by atoms with Crippen LogP contribution in [-0.2, 0) is 0 Å². The highest BCUT2D eigenvalue weighted by Gasteiger charge is 2.20. The highest BCUT2D eigenvalue weighted by atomic mass is 16.3. The van der Waals surface area contributed by atoms with Gasteiger partial charge >= 0.3 is 0 Å². The highest BCUT2D eigenvalue weighted by Crippen LogP contribution is 2.11. The third-order valence-corrected chi connectivity index (χ3v) is 3.58. The van der Waals surface area contributed by atoms with Crippen LogP contribution in [0.3, 0.4) is 0 Å². The van der Waals surface area contributed by atoms with Gasteiger partial charge in [-0.2, -0.15) is 0 Å². The Labute approximate surface area is 113 Å². The number of quaternary nitrogens is 1. The van der Waals surface area contributed by atoms with E-state index in [2.05, 4.69) is 20.6 Å². The van der Waals surface area contributed by atoms with Crippen molar-refractivity contribution in [3.05, 3.63) is 12.7 Å². The summed E-state index contributed by atoms with van der Waals surface area (Å²) in [6, 6.07) is 0. The topological polar surface area (TPSA) is 40.5 Å². The van der Waals surface area contributed by atoms with Gasteiger partial charge in [0.25, 0.3) is 0 Å². The molecule has 0 aliphatic carbocycles. The third-order valence-electron chi connectivity index (χ3n) is 3.58. The van der Waals surface area contributed by atoms with Crippen molar-refractivity contribution in [1.82, 2.24) is 0 Å². The minimum absolute atomic E-state index is 0.134. The molecule has 0 aromatic heterocycles. The van der Waals surface area contributed by atoms with E-state index < -0.39 is 6.10 Å². The summed E-state index contributed by atoms with van der Waals surface area (Å²) in [5, 5.41) is 18.3. The maximum absolute atomic E-state index is 9.45. The van der Waals surface area contributed by atoms with E-state index in [4.69, 9.17) is 5.11 Å². The number of unbranched alkanes of at least 4 members (excludes halogenated alkanes) is 4. The molecule has 0 saturated carbocycles. The van der Waals surface area contributed by atoms with Crippen molar-refractivity contribution < 1.29 is 14.7 Å². The predicted molar refractivity (Wildman–Crippen MR) is 77.5 cm³/mol. The fraction of sp³-hybridized carbons (Fsp3) is 0.867. The third kappa shape index (κ3) is 8.67. The smallest absolute Gasteiger partial charge is 0.0969 e. The van der Waals surface area contributed by atoms with Crippen LogP contribution in [0.4, 0.5) is 0 Å². The van der Waals surface area contributed by atoms with E-state index in [-0.39, 0.29) is 6.61 Å². The zero-order valence-electron chi connectivity index (χ0n) is 12.3. The number of aliphatic hydroxyl groups excluding tert-OH is 2. The van der Waals surface area contributed by atoms with Crippen molar-refractivity contribution in [3.8, 4) is 0 Å². The van der Waals surface area contributed by atoms with Gasteiger partial charge in [0, 0.05) is 6.42 Å². The Morgan fingerprint density at radius 3 is 2.39 bits per heavy atom. The van der Waals surface area contributed by atoms with Crippen LogP contribution >= 0.6 is 0 Å². The normalized spacial score (nSPS) is 16.2. The van der Waals surface area contributed by atoms with Crippen molar-refractivity contribution in [2.24, 2.45) is 0 Å². The molecule has 0 rings (SSSR count). The fourth-order valence-electron chi connectivity index (χ4n) is 2.26. The van der Waals surface area contributed by atoms with Crippen LogP contribution in [-0.4, -0.2) is 54.1 Å². The lowest BCUT2D eigenvalue weighted by atomic mass is 10.1. The molecule has 0 bridgehead atoms. The van der Waals surface area contributed by atoms with Crippen LogP contribution in [0.5, 0.6) is 0 Å². The first-order valence-electron chi connectivity index (χ1n) is 7.31. The molecule has 3 heteroatoms. The summed E-state index contributed by atoms with van der Waals surface area (Å²) in [5.74, 6) is 0. The monoisotopic (exact) mass is 258 g/mol. The van der Waals surface area contributed by atoms with Crippen molar-refractivity contribution in [2.45, 2.75) is 51.6 Å². The summed E-state index contributed by atoms with van der Waals surface area (Å²) >= 11 is 0. The lowest BCUT2D eigenvalue weighted by Gasteiger charge is -2.34. The molecule has 0 amide bonds. The van der Waals surface area contributed by atoms with Crippen LogP contribution in [0.25, 0.3) is 0 Å².